The van der Waals surface area contributed by atoms with E-state index >= 15 is 0 Å². The van der Waals surface area contributed by atoms with E-state index in [9.17, 15) is 18.0 Å². The molecule has 0 aliphatic carbocycles. The maximum atomic E-state index is 12.5. The number of hydrogen-bond donors (Lipinski definition) is 1. The van der Waals surface area contributed by atoms with E-state index < -0.39 is 17.6 Å². The van der Waals surface area contributed by atoms with Crippen LogP contribution in [0, 0.1) is 0 Å². The third-order valence-electron chi connectivity index (χ3n) is 2.75. The molecular formula is C14H10ClF3N2O2. The van der Waals surface area contributed by atoms with Crippen LogP contribution in [-0.4, -0.2) is 18.0 Å². The van der Waals surface area contributed by atoms with Crippen LogP contribution in [0.4, 0.5) is 19.0 Å². The zero-order valence-corrected chi connectivity index (χ0v) is 12.0. The van der Waals surface area contributed by atoms with E-state index in [0.29, 0.717) is 23.6 Å². The summed E-state index contributed by atoms with van der Waals surface area (Å²) in [5, 5.41) is 2.06. The first-order chi connectivity index (χ1) is 10.3. The number of alkyl halides is 3. The van der Waals surface area contributed by atoms with Crippen molar-refractivity contribution in [2.45, 2.75) is 6.18 Å². The SMILES string of the molecule is COc1ccc(C(=O)Nc2ncc(C(F)(F)F)cc2Cl)cc1. The van der Waals surface area contributed by atoms with Crippen LogP contribution in [0.15, 0.2) is 36.5 Å². The highest BCUT2D eigenvalue weighted by Gasteiger charge is 2.31. The van der Waals surface area contributed by atoms with Crippen LogP contribution in [-0.2, 0) is 6.18 Å². The second kappa shape index (κ2) is 6.23. The van der Waals surface area contributed by atoms with Gasteiger partial charge in [-0.2, -0.15) is 13.2 Å². The minimum atomic E-state index is -4.55. The highest BCUT2D eigenvalue weighted by Crippen LogP contribution is 2.32. The van der Waals surface area contributed by atoms with Crippen molar-refractivity contribution in [2.24, 2.45) is 0 Å². The number of nitrogens with one attached hydrogen (secondary N) is 1. The standard InChI is InChI=1S/C14H10ClF3N2O2/c1-22-10-4-2-8(3-5-10)13(21)20-12-11(15)6-9(7-19-12)14(16,17)18/h2-7H,1H3,(H,19,20,21). The molecule has 4 nitrogen and oxygen atoms in total. The average molecular weight is 331 g/mol. The first-order valence-electron chi connectivity index (χ1n) is 5.99. The molecule has 0 saturated heterocycles. The molecule has 1 aromatic heterocycles. The predicted octanol–water partition coefficient (Wildman–Crippen LogP) is 4.01. The Hall–Kier alpha value is -2.28. The molecule has 2 aromatic rings. The molecule has 0 unspecified atom stereocenters. The number of carbonyl (C=O) groups is 1. The smallest absolute Gasteiger partial charge is 0.417 e. The number of aromatic nitrogens is 1. The number of rotatable bonds is 3. The molecule has 0 radical (unpaired) electrons. The molecule has 0 fully saturated rings. The van der Waals surface area contributed by atoms with Gasteiger partial charge in [-0.3, -0.25) is 4.79 Å². The summed E-state index contributed by atoms with van der Waals surface area (Å²) in [5.41, 5.74) is -0.696. The monoisotopic (exact) mass is 330 g/mol. The number of ether oxygens (including phenoxy) is 1. The van der Waals surface area contributed by atoms with Crippen LogP contribution in [0.1, 0.15) is 15.9 Å². The van der Waals surface area contributed by atoms with Crippen molar-refractivity contribution in [3.63, 3.8) is 0 Å². The molecule has 2 rings (SSSR count). The molecule has 0 atom stereocenters. The Morgan fingerprint density at radius 2 is 1.91 bits per heavy atom. The van der Waals surface area contributed by atoms with Crippen LogP contribution >= 0.6 is 11.6 Å². The molecule has 1 aromatic carbocycles. The first-order valence-corrected chi connectivity index (χ1v) is 6.37. The van der Waals surface area contributed by atoms with Gasteiger partial charge in [0.2, 0.25) is 0 Å². The highest BCUT2D eigenvalue weighted by atomic mass is 35.5. The van der Waals surface area contributed by atoms with E-state index in [-0.39, 0.29) is 10.8 Å². The van der Waals surface area contributed by atoms with E-state index in [1.807, 2.05) is 0 Å². The third kappa shape index (κ3) is 3.67. The number of amides is 1. The van der Waals surface area contributed by atoms with Crippen LogP contribution in [0.2, 0.25) is 5.02 Å². The van der Waals surface area contributed by atoms with Gasteiger partial charge < -0.3 is 10.1 Å². The Balaban J connectivity index is 2.17. The lowest BCUT2D eigenvalue weighted by molar-refractivity contribution is -0.137. The molecule has 0 bridgehead atoms. The summed E-state index contributed by atoms with van der Waals surface area (Å²) in [7, 11) is 1.49. The summed E-state index contributed by atoms with van der Waals surface area (Å²) in [5.74, 6) is -0.116. The zero-order chi connectivity index (χ0) is 16.3. The Kier molecular flexibility index (Phi) is 4.56. The minimum absolute atomic E-state index is 0.143. The van der Waals surface area contributed by atoms with Crippen molar-refractivity contribution in [1.29, 1.82) is 0 Å². The van der Waals surface area contributed by atoms with Gasteiger partial charge in [-0.05, 0) is 30.3 Å². The largest absolute Gasteiger partial charge is 0.497 e. The van der Waals surface area contributed by atoms with Gasteiger partial charge in [0, 0.05) is 11.8 Å². The lowest BCUT2D eigenvalue weighted by atomic mass is 10.2. The first kappa shape index (κ1) is 16.1. The van der Waals surface area contributed by atoms with Gasteiger partial charge in [0.1, 0.15) is 5.75 Å². The molecule has 8 heteroatoms. The second-order valence-electron chi connectivity index (χ2n) is 4.23. The number of nitrogens with zero attached hydrogens (tertiary/aromatic N) is 1. The fourth-order valence-electron chi connectivity index (χ4n) is 1.61. The van der Waals surface area contributed by atoms with Crippen molar-refractivity contribution in [2.75, 3.05) is 12.4 Å². The van der Waals surface area contributed by atoms with Gasteiger partial charge in [0.05, 0.1) is 17.7 Å². The van der Waals surface area contributed by atoms with Crippen molar-refractivity contribution in [3.05, 3.63) is 52.7 Å². The predicted molar refractivity (Wildman–Crippen MR) is 75.2 cm³/mol. The number of carbonyl (C=O) groups excluding carboxylic acids is 1. The van der Waals surface area contributed by atoms with Crippen LogP contribution in [0.3, 0.4) is 0 Å². The fourth-order valence-corrected chi connectivity index (χ4v) is 1.82. The fraction of sp³-hybridized carbons (Fsp3) is 0.143. The molecule has 1 N–H and O–H groups in total. The Bertz CT molecular complexity index is 687. The second-order valence-corrected chi connectivity index (χ2v) is 4.64. The van der Waals surface area contributed by atoms with E-state index in [2.05, 4.69) is 10.3 Å². The molecule has 0 aliphatic rings. The lowest BCUT2D eigenvalue weighted by Crippen LogP contribution is -2.14. The number of anilines is 1. The van der Waals surface area contributed by atoms with Gasteiger partial charge in [-0.1, -0.05) is 11.6 Å². The highest BCUT2D eigenvalue weighted by molar-refractivity contribution is 6.33. The van der Waals surface area contributed by atoms with Crippen LogP contribution in [0.25, 0.3) is 0 Å². The zero-order valence-electron chi connectivity index (χ0n) is 11.2. The number of halogens is 4. The average Bonchev–Trinajstić information content (AvgIpc) is 2.48. The van der Waals surface area contributed by atoms with Crippen molar-refractivity contribution in [3.8, 4) is 5.75 Å². The summed E-state index contributed by atoms with van der Waals surface area (Å²) < 4.78 is 42.5. The molecule has 0 aliphatic heterocycles. The van der Waals surface area contributed by atoms with E-state index in [4.69, 9.17) is 16.3 Å². The molecule has 1 heterocycles. The molecule has 116 valence electrons. The molecule has 1 amide bonds. The number of benzene rings is 1. The third-order valence-corrected chi connectivity index (χ3v) is 3.04. The van der Waals surface area contributed by atoms with Crippen LogP contribution in [0.5, 0.6) is 5.75 Å². The van der Waals surface area contributed by atoms with Crippen molar-refractivity contribution < 1.29 is 22.7 Å². The van der Waals surface area contributed by atoms with E-state index in [0.717, 1.165) is 0 Å². The quantitative estimate of drug-likeness (QED) is 0.925. The van der Waals surface area contributed by atoms with Crippen molar-refractivity contribution in [1.82, 2.24) is 4.98 Å². The van der Waals surface area contributed by atoms with Gasteiger partial charge >= 0.3 is 6.18 Å². The van der Waals surface area contributed by atoms with Gasteiger partial charge in [0.15, 0.2) is 5.82 Å². The Labute approximate surface area is 128 Å². The van der Waals surface area contributed by atoms with Crippen LogP contribution < -0.4 is 10.1 Å². The Morgan fingerprint density at radius 3 is 2.41 bits per heavy atom. The number of pyridine rings is 1. The van der Waals surface area contributed by atoms with Crippen molar-refractivity contribution >= 4 is 23.3 Å². The molecule has 0 spiro atoms. The van der Waals surface area contributed by atoms with E-state index in [1.165, 1.54) is 19.2 Å². The topological polar surface area (TPSA) is 51.2 Å². The minimum Gasteiger partial charge on any atom is -0.497 e. The van der Waals surface area contributed by atoms with Gasteiger partial charge in [-0.25, -0.2) is 4.98 Å². The number of methoxy groups -OCH3 is 1. The normalized spacial score (nSPS) is 11.1. The maximum absolute atomic E-state index is 12.5. The molecular weight excluding hydrogens is 321 g/mol. The summed E-state index contributed by atoms with van der Waals surface area (Å²) in [6, 6.07) is 6.88. The maximum Gasteiger partial charge on any atom is 0.417 e. The molecule has 0 saturated carbocycles. The summed E-state index contributed by atoms with van der Waals surface area (Å²) in [6.07, 6.45) is -3.94. The summed E-state index contributed by atoms with van der Waals surface area (Å²) in [4.78, 5) is 15.5. The summed E-state index contributed by atoms with van der Waals surface area (Å²) >= 11 is 5.72. The van der Waals surface area contributed by atoms with E-state index in [1.54, 1.807) is 12.1 Å². The van der Waals surface area contributed by atoms with Gasteiger partial charge in [-0.15, -0.1) is 0 Å². The number of hydrogen-bond acceptors (Lipinski definition) is 3. The summed E-state index contributed by atoms with van der Waals surface area (Å²) in [6.45, 7) is 0. The lowest BCUT2D eigenvalue weighted by Gasteiger charge is -2.10. The van der Waals surface area contributed by atoms with Gasteiger partial charge in [0.25, 0.3) is 5.91 Å². The Morgan fingerprint density at radius 1 is 1.27 bits per heavy atom. The molecule has 22 heavy (non-hydrogen) atoms.